The van der Waals surface area contributed by atoms with Gasteiger partial charge < -0.3 is 0 Å². The number of hydrogen-bond acceptors (Lipinski definition) is 3. The summed E-state index contributed by atoms with van der Waals surface area (Å²) in [7, 11) is 1.29. The van der Waals surface area contributed by atoms with Gasteiger partial charge in [-0.15, -0.1) is 11.7 Å². The Labute approximate surface area is 66.5 Å². The molecule has 9 heavy (non-hydrogen) atoms. The van der Waals surface area contributed by atoms with E-state index in [-0.39, 0.29) is 0 Å². The summed E-state index contributed by atoms with van der Waals surface area (Å²) in [5, 5.41) is 0. The van der Waals surface area contributed by atoms with E-state index in [0.29, 0.717) is 0 Å². The molecule has 0 aromatic carbocycles. The molecule has 0 bridgehead atoms. The first-order valence-corrected chi connectivity index (χ1v) is 4.78. The zero-order valence-corrected chi connectivity index (χ0v) is 7.75. The normalized spacial score (nSPS) is 9.78. The van der Waals surface area contributed by atoms with Crippen LogP contribution in [0.5, 0.6) is 0 Å². The average molecular weight is 163 g/mol. The third-order valence-corrected chi connectivity index (χ3v) is 0.842. The summed E-state index contributed by atoms with van der Waals surface area (Å²) in [5.74, 6) is 0. The standard InChI is InChI=1S/C4H7NS2.C2H6/c1-2-3-5-4-7-6;1-2/h2-4,6H,1H3;1-2H3/b3-2+,5-4?;. The molecule has 0 atom stereocenters. The fraction of sp³-hybridized carbons (Fsp3) is 0.500. The molecule has 0 aliphatic rings. The van der Waals surface area contributed by atoms with Gasteiger partial charge in [-0.05, 0) is 17.7 Å². The molecule has 0 aliphatic heterocycles. The molecule has 0 radical (unpaired) electrons. The molecule has 0 saturated carbocycles. The van der Waals surface area contributed by atoms with Crippen molar-refractivity contribution in [2.75, 3.05) is 0 Å². The summed E-state index contributed by atoms with van der Waals surface area (Å²) in [6.07, 6.45) is 3.57. The Morgan fingerprint density at radius 2 is 2.00 bits per heavy atom. The summed E-state index contributed by atoms with van der Waals surface area (Å²) < 4.78 is 0. The number of hydrogen-bond donors (Lipinski definition) is 1. The number of allylic oxidation sites excluding steroid dienone is 1. The maximum absolute atomic E-state index is 3.83. The molecule has 3 heteroatoms. The Morgan fingerprint density at radius 1 is 1.44 bits per heavy atom. The number of aliphatic imine (C=N–C) groups is 1. The van der Waals surface area contributed by atoms with E-state index in [9.17, 15) is 0 Å². The maximum Gasteiger partial charge on any atom is 0.0701 e. The van der Waals surface area contributed by atoms with Crippen molar-refractivity contribution in [3.05, 3.63) is 12.3 Å². The largest absolute Gasteiger partial charge is 0.257 e. The van der Waals surface area contributed by atoms with Crippen LogP contribution < -0.4 is 0 Å². The minimum absolute atomic E-state index is 1.29. The third kappa shape index (κ3) is 17.9. The second kappa shape index (κ2) is 15.7. The molecule has 0 heterocycles. The van der Waals surface area contributed by atoms with E-state index in [4.69, 9.17) is 0 Å². The van der Waals surface area contributed by atoms with Crippen molar-refractivity contribution in [2.45, 2.75) is 20.8 Å². The van der Waals surface area contributed by atoms with Gasteiger partial charge in [-0.3, -0.25) is 4.99 Å². The SMILES string of the molecule is C/C=C/N=CSS.CC. The van der Waals surface area contributed by atoms with Crippen molar-refractivity contribution in [1.82, 2.24) is 0 Å². The molecule has 1 nitrogen and oxygen atoms in total. The van der Waals surface area contributed by atoms with E-state index in [2.05, 4.69) is 16.7 Å². The molecule has 0 aliphatic carbocycles. The lowest BCUT2D eigenvalue weighted by molar-refractivity contribution is 1.50. The minimum atomic E-state index is 1.29. The molecule has 0 fully saturated rings. The van der Waals surface area contributed by atoms with Crippen molar-refractivity contribution < 1.29 is 0 Å². The highest BCUT2D eigenvalue weighted by Crippen LogP contribution is 1.97. The average Bonchev–Trinajstić information content (AvgIpc) is 1.94. The molecule has 0 rings (SSSR count). The van der Waals surface area contributed by atoms with Crippen LogP contribution in [0.4, 0.5) is 0 Å². The molecule has 0 amide bonds. The van der Waals surface area contributed by atoms with Crippen LogP contribution >= 0.6 is 22.5 Å². The van der Waals surface area contributed by atoms with Gasteiger partial charge in [0, 0.05) is 6.20 Å². The quantitative estimate of drug-likeness (QED) is 0.285. The molecule has 0 aromatic heterocycles. The number of thiol groups is 1. The molecule has 0 spiro atoms. The molecule has 54 valence electrons. The molecular formula is C6H13NS2. The van der Waals surface area contributed by atoms with Crippen LogP contribution in [0.15, 0.2) is 17.3 Å². The summed E-state index contributed by atoms with van der Waals surface area (Å²) in [6.45, 7) is 5.92. The van der Waals surface area contributed by atoms with Gasteiger partial charge in [0.05, 0.1) is 5.55 Å². The first-order valence-electron chi connectivity index (χ1n) is 2.85. The van der Waals surface area contributed by atoms with Crippen LogP contribution in [-0.2, 0) is 0 Å². The van der Waals surface area contributed by atoms with Gasteiger partial charge in [-0.25, -0.2) is 0 Å². The molecule has 0 saturated heterocycles. The maximum atomic E-state index is 3.83. The van der Waals surface area contributed by atoms with Crippen LogP contribution in [0.1, 0.15) is 20.8 Å². The van der Waals surface area contributed by atoms with E-state index in [1.807, 2.05) is 26.8 Å². The van der Waals surface area contributed by atoms with Gasteiger partial charge in [0.1, 0.15) is 0 Å². The third-order valence-electron chi connectivity index (χ3n) is 0.343. The second-order valence-electron chi connectivity index (χ2n) is 0.842. The summed E-state index contributed by atoms with van der Waals surface area (Å²) in [4.78, 5) is 3.79. The Kier molecular flexibility index (Phi) is 20.7. The number of rotatable bonds is 2. The smallest absolute Gasteiger partial charge is 0.0701 e. The zero-order chi connectivity index (χ0) is 7.54. The van der Waals surface area contributed by atoms with Gasteiger partial charge in [0.25, 0.3) is 0 Å². The first kappa shape index (κ1) is 11.9. The zero-order valence-electron chi connectivity index (χ0n) is 6.03. The van der Waals surface area contributed by atoms with E-state index >= 15 is 0 Å². The van der Waals surface area contributed by atoms with Gasteiger partial charge >= 0.3 is 0 Å². The summed E-state index contributed by atoms with van der Waals surface area (Å²) in [6, 6.07) is 0. The lowest BCUT2D eigenvalue weighted by atomic mass is 10.7. The molecule has 0 aromatic rings. The minimum Gasteiger partial charge on any atom is -0.257 e. The van der Waals surface area contributed by atoms with Gasteiger partial charge in [0.15, 0.2) is 0 Å². The summed E-state index contributed by atoms with van der Waals surface area (Å²) in [5.41, 5.74) is 1.66. The predicted molar refractivity (Wildman–Crippen MR) is 51.2 cm³/mol. The fourth-order valence-corrected chi connectivity index (χ4v) is 0.436. The van der Waals surface area contributed by atoms with Gasteiger partial charge in [-0.2, -0.15) is 0 Å². The molecule has 0 unspecified atom stereocenters. The van der Waals surface area contributed by atoms with Crippen molar-refractivity contribution >= 4 is 28.0 Å². The highest BCUT2D eigenvalue weighted by Gasteiger charge is 1.59. The second-order valence-corrected chi connectivity index (χ2v) is 1.90. The Hall–Kier alpha value is 0.110. The van der Waals surface area contributed by atoms with Crippen molar-refractivity contribution in [1.29, 1.82) is 0 Å². The van der Waals surface area contributed by atoms with Gasteiger partial charge in [0.2, 0.25) is 0 Å². The van der Waals surface area contributed by atoms with Crippen LogP contribution in [0.2, 0.25) is 0 Å². The Morgan fingerprint density at radius 3 is 2.33 bits per heavy atom. The van der Waals surface area contributed by atoms with Crippen LogP contribution in [-0.4, -0.2) is 5.55 Å². The van der Waals surface area contributed by atoms with E-state index in [1.165, 1.54) is 10.8 Å². The van der Waals surface area contributed by atoms with Crippen molar-refractivity contribution in [3.8, 4) is 0 Å². The van der Waals surface area contributed by atoms with Crippen LogP contribution in [0, 0.1) is 0 Å². The van der Waals surface area contributed by atoms with E-state index in [0.717, 1.165) is 0 Å². The molecular weight excluding hydrogens is 150 g/mol. The lowest BCUT2D eigenvalue weighted by Gasteiger charge is -1.70. The topological polar surface area (TPSA) is 12.4 Å². The first-order chi connectivity index (χ1) is 4.41. The molecule has 0 N–H and O–H groups in total. The van der Waals surface area contributed by atoms with Gasteiger partial charge in [-0.1, -0.05) is 19.9 Å². The predicted octanol–water partition coefficient (Wildman–Crippen LogP) is 3.15. The summed E-state index contributed by atoms with van der Waals surface area (Å²) >= 11 is 3.83. The number of nitrogens with zero attached hydrogens (tertiary/aromatic N) is 1. The Balaban J connectivity index is 0. The van der Waals surface area contributed by atoms with E-state index < -0.39 is 0 Å². The monoisotopic (exact) mass is 163 g/mol. The fourth-order valence-electron chi connectivity index (χ4n) is 0.148. The highest BCUT2D eigenvalue weighted by atomic mass is 33.1. The Bertz CT molecular complexity index is 79.1. The van der Waals surface area contributed by atoms with E-state index in [1.54, 1.807) is 11.7 Å². The lowest BCUT2D eigenvalue weighted by Crippen LogP contribution is -1.49. The highest BCUT2D eigenvalue weighted by molar-refractivity contribution is 8.74. The van der Waals surface area contributed by atoms with Crippen molar-refractivity contribution in [2.24, 2.45) is 4.99 Å². The van der Waals surface area contributed by atoms with Crippen LogP contribution in [0.25, 0.3) is 0 Å². The van der Waals surface area contributed by atoms with Crippen LogP contribution in [0.3, 0.4) is 0 Å². The van der Waals surface area contributed by atoms with Crippen molar-refractivity contribution in [3.63, 3.8) is 0 Å².